The SMILES string of the molecule is O=C(C[C@@]1(COc2ccc(Cl)cc2)CCCN(C(=O)C2(c3cccc(F)c3)CCCC2)C1)N1CCOCC1. The van der Waals surface area contributed by atoms with Crippen molar-refractivity contribution in [1.82, 2.24) is 9.80 Å². The minimum absolute atomic E-state index is 0.0509. The topological polar surface area (TPSA) is 59.1 Å². The van der Waals surface area contributed by atoms with Crippen LogP contribution in [0.25, 0.3) is 0 Å². The molecular weight excluding hydrogens is 507 g/mol. The monoisotopic (exact) mass is 542 g/mol. The first-order valence-corrected chi connectivity index (χ1v) is 14.1. The fourth-order valence-electron chi connectivity index (χ4n) is 6.40. The maximum Gasteiger partial charge on any atom is 0.233 e. The standard InChI is InChI=1S/C30H36ClFN2O4/c31-24-7-9-26(10-8-24)38-22-29(20-27(35)33-15-17-37-18-16-33)11-4-14-34(21-29)28(36)30(12-1-2-13-30)23-5-3-6-25(32)19-23/h3,5-10,19H,1-2,4,11-18,20-22H2/t29-/m0/s1. The molecule has 3 fully saturated rings. The molecule has 0 aromatic heterocycles. The molecule has 1 aliphatic carbocycles. The number of morpholine rings is 1. The van der Waals surface area contributed by atoms with Crippen molar-refractivity contribution in [1.29, 1.82) is 0 Å². The molecule has 5 rings (SSSR count). The van der Waals surface area contributed by atoms with Gasteiger partial charge in [0.1, 0.15) is 11.6 Å². The van der Waals surface area contributed by atoms with Gasteiger partial charge in [-0.05, 0) is 67.6 Å². The molecule has 0 unspecified atom stereocenters. The van der Waals surface area contributed by atoms with Crippen LogP contribution in [0.15, 0.2) is 48.5 Å². The Labute approximate surface area is 229 Å². The molecule has 6 nitrogen and oxygen atoms in total. The summed E-state index contributed by atoms with van der Waals surface area (Å²) in [5.74, 6) is 0.489. The van der Waals surface area contributed by atoms with Crippen molar-refractivity contribution >= 4 is 23.4 Å². The number of hydrogen-bond donors (Lipinski definition) is 0. The minimum Gasteiger partial charge on any atom is -0.493 e. The van der Waals surface area contributed by atoms with Crippen molar-refractivity contribution in [2.75, 3.05) is 46.0 Å². The van der Waals surface area contributed by atoms with Crippen molar-refractivity contribution in [3.8, 4) is 5.75 Å². The van der Waals surface area contributed by atoms with Crippen LogP contribution >= 0.6 is 11.6 Å². The van der Waals surface area contributed by atoms with E-state index in [4.69, 9.17) is 21.1 Å². The lowest BCUT2D eigenvalue weighted by molar-refractivity contribution is -0.146. The van der Waals surface area contributed by atoms with E-state index in [1.807, 2.05) is 28.0 Å². The summed E-state index contributed by atoms with van der Waals surface area (Å²) in [6, 6.07) is 13.7. The second-order valence-corrected chi connectivity index (χ2v) is 11.5. The van der Waals surface area contributed by atoms with E-state index < -0.39 is 10.8 Å². The summed E-state index contributed by atoms with van der Waals surface area (Å²) < 4.78 is 25.9. The number of piperidine rings is 1. The van der Waals surface area contributed by atoms with Gasteiger partial charge in [0.15, 0.2) is 0 Å². The molecule has 2 aromatic rings. The Morgan fingerprint density at radius 2 is 1.68 bits per heavy atom. The molecule has 0 spiro atoms. The van der Waals surface area contributed by atoms with Crippen molar-refractivity contribution in [3.63, 3.8) is 0 Å². The van der Waals surface area contributed by atoms with E-state index in [2.05, 4.69) is 0 Å². The van der Waals surface area contributed by atoms with Gasteiger partial charge in [-0.3, -0.25) is 9.59 Å². The number of carbonyl (C=O) groups is 2. The number of rotatable bonds is 7. The van der Waals surface area contributed by atoms with Gasteiger partial charge in [-0.1, -0.05) is 36.6 Å². The van der Waals surface area contributed by atoms with Crippen LogP contribution in [0.2, 0.25) is 5.02 Å². The maximum absolute atomic E-state index is 14.3. The van der Waals surface area contributed by atoms with Crippen LogP contribution in [0.5, 0.6) is 5.75 Å². The predicted molar refractivity (Wildman–Crippen MR) is 144 cm³/mol. The maximum atomic E-state index is 14.3. The smallest absolute Gasteiger partial charge is 0.233 e. The molecular formula is C30H36ClFN2O4. The lowest BCUT2D eigenvalue weighted by atomic mass is 9.74. The molecule has 2 heterocycles. The highest BCUT2D eigenvalue weighted by atomic mass is 35.5. The molecule has 0 bridgehead atoms. The van der Waals surface area contributed by atoms with Crippen LogP contribution in [0, 0.1) is 11.2 Å². The Hall–Kier alpha value is -2.64. The summed E-state index contributed by atoms with van der Waals surface area (Å²) in [7, 11) is 0. The summed E-state index contributed by atoms with van der Waals surface area (Å²) in [6.45, 7) is 3.64. The number of likely N-dealkylation sites (tertiary alicyclic amines) is 1. The zero-order chi connectivity index (χ0) is 26.6. The van der Waals surface area contributed by atoms with Gasteiger partial charge in [0.2, 0.25) is 11.8 Å². The van der Waals surface area contributed by atoms with Crippen molar-refractivity contribution in [3.05, 3.63) is 64.9 Å². The summed E-state index contributed by atoms with van der Waals surface area (Å²) in [5, 5.41) is 0.628. The van der Waals surface area contributed by atoms with Crippen LogP contribution in [0.1, 0.15) is 50.5 Å². The summed E-state index contributed by atoms with van der Waals surface area (Å²) in [5.41, 5.74) is -0.473. The zero-order valence-electron chi connectivity index (χ0n) is 21.8. The van der Waals surface area contributed by atoms with Gasteiger partial charge in [-0.15, -0.1) is 0 Å². The normalized spacial score (nSPS) is 23.3. The Morgan fingerprint density at radius 3 is 2.39 bits per heavy atom. The van der Waals surface area contributed by atoms with Gasteiger partial charge in [-0.2, -0.15) is 0 Å². The number of amides is 2. The third-order valence-corrected chi connectivity index (χ3v) is 8.69. The number of hydrogen-bond acceptors (Lipinski definition) is 4. The second-order valence-electron chi connectivity index (χ2n) is 11.0. The molecule has 2 aromatic carbocycles. The van der Waals surface area contributed by atoms with E-state index in [1.165, 1.54) is 12.1 Å². The first-order chi connectivity index (χ1) is 18.4. The first kappa shape index (κ1) is 26.9. The molecule has 2 amide bonds. The van der Waals surface area contributed by atoms with Gasteiger partial charge in [0, 0.05) is 43.0 Å². The molecule has 8 heteroatoms. The first-order valence-electron chi connectivity index (χ1n) is 13.7. The molecule has 0 radical (unpaired) electrons. The Bertz CT molecular complexity index is 1130. The molecule has 1 saturated carbocycles. The molecule has 2 saturated heterocycles. The molecule has 0 N–H and O–H groups in total. The molecule has 1 atom stereocenters. The molecule has 204 valence electrons. The fourth-order valence-corrected chi connectivity index (χ4v) is 6.53. The number of ether oxygens (including phenoxy) is 2. The highest BCUT2D eigenvalue weighted by molar-refractivity contribution is 6.30. The average molecular weight is 543 g/mol. The third kappa shape index (κ3) is 5.84. The zero-order valence-corrected chi connectivity index (χ0v) is 22.6. The average Bonchev–Trinajstić information content (AvgIpc) is 3.44. The van der Waals surface area contributed by atoms with Crippen LogP contribution in [-0.2, 0) is 19.7 Å². The van der Waals surface area contributed by atoms with E-state index in [9.17, 15) is 14.0 Å². The van der Waals surface area contributed by atoms with Gasteiger partial charge in [-0.25, -0.2) is 4.39 Å². The van der Waals surface area contributed by atoms with Crippen molar-refractivity contribution < 1.29 is 23.5 Å². The molecule has 38 heavy (non-hydrogen) atoms. The van der Waals surface area contributed by atoms with E-state index in [0.29, 0.717) is 76.0 Å². The van der Waals surface area contributed by atoms with Crippen molar-refractivity contribution in [2.45, 2.75) is 50.4 Å². The van der Waals surface area contributed by atoms with E-state index in [1.54, 1.807) is 18.2 Å². The van der Waals surface area contributed by atoms with Gasteiger partial charge < -0.3 is 19.3 Å². The summed E-state index contributed by atoms with van der Waals surface area (Å²) >= 11 is 6.05. The summed E-state index contributed by atoms with van der Waals surface area (Å²) in [6.07, 6.45) is 5.18. The van der Waals surface area contributed by atoms with E-state index >= 15 is 0 Å². The van der Waals surface area contributed by atoms with Gasteiger partial charge in [0.25, 0.3) is 0 Å². The minimum atomic E-state index is -0.712. The van der Waals surface area contributed by atoms with Gasteiger partial charge >= 0.3 is 0 Å². The highest BCUT2D eigenvalue weighted by Gasteiger charge is 2.48. The van der Waals surface area contributed by atoms with E-state index in [0.717, 1.165) is 31.2 Å². The van der Waals surface area contributed by atoms with Crippen LogP contribution in [0.3, 0.4) is 0 Å². The molecule has 3 aliphatic rings. The van der Waals surface area contributed by atoms with Crippen LogP contribution < -0.4 is 4.74 Å². The number of halogens is 2. The van der Waals surface area contributed by atoms with Crippen molar-refractivity contribution in [2.24, 2.45) is 5.41 Å². The largest absolute Gasteiger partial charge is 0.493 e. The quantitative estimate of drug-likeness (QED) is 0.481. The van der Waals surface area contributed by atoms with Crippen LogP contribution in [0.4, 0.5) is 4.39 Å². The number of nitrogens with zero attached hydrogens (tertiary/aromatic N) is 2. The Morgan fingerprint density at radius 1 is 0.947 bits per heavy atom. The highest BCUT2D eigenvalue weighted by Crippen LogP contribution is 2.45. The lowest BCUT2D eigenvalue weighted by Crippen LogP contribution is -2.55. The van der Waals surface area contributed by atoms with E-state index in [-0.39, 0.29) is 17.6 Å². The third-order valence-electron chi connectivity index (χ3n) is 8.44. The summed E-state index contributed by atoms with van der Waals surface area (Å²) in [4.78, 5) is 31.5. The Kier molecular flexibility index (Phi) is 8.24. The molecule has 2 aliphatic heterocycles. The Balaban J connectivity index is 1.39. The number of benzene rings is 2. The lowest BCUT2D eigenvalue weighted by Gasteiger charge is -2.46. The fraction of sp³-hybridized carbons (Fsp3) is 0.533. The predicted octanol–water partition coefficient (Wildman–Crippen LogP) is 5.23. The van der Waals surface area contributed by atoms with Crippen LogP contribution in [-0.4, -0.2) is 67.6 Å². The van der Waals surface area contributed by atoms with Gasteiger partial charge in [0.05, 0.1) is 25.2 Å². The second kappa shape index (κ2) is 11.6. The number of carbonyl (C=O) groups excluding carboxylic acids is 2.